The fourth-order valence-electron chi connectivity index (χ4n) is 2.96. The Morgan fingerprint density at radius 2 is 2.13 bits per heavy atom. The average Bonchev–Trinajstić information content (AvgIpc) is 2.79. The van der Waals surface area contributed by atoms with Crippen LogP contribution in [0.25, 0.3) is 0 Å². The summed E-state index contributed by atoms with van der Waals surface area (Å²) in [6, 6.07) is 1.58. The van der Waals surface area contributed by atoms with Gasteiger partial charge in [-0.1, -0.05) is 6.92 Å². The van der Waals surface area contributed by atoms with Gasteiger partial charge in [-0.2, -0.15) is 0 Å². The first-order valence-electron chi connectivity index (χ1n) is 6.45. The molecule has 15 heavy (non-hydrogen) atoms. The van der Waals surface area contributed by atoms with Crippen LogP contribution >= 0.6 is 0 Å². The van der Waals surface area contributed by atoms with Gasteiger partial charge in [-0.25, -0.2) is 0 Å². The van der Waals surface area contributed by atoms with Crippen LogP contribution in [0, 0.1) is 0 Å². The van der Waals surface area contributed by atoms with E-state index in [2.05, 4.69) is 29.1 Å². The molecule has 0 aromatic rings. The molecule has 2 fully saturated rings. The fraction of sp³-hybridized carbons (Fsp3) is 1.00. The van der Waals surface area contributed by atoms with Crippen molar-refractivity contribution in [2.45, 2.75) is 38.3 Å². The zero-order chi connectivity index (χ0) is 10.7. The van der Waals surface area contributed by atoms with E-state index in [1.165, 1.54) is 45.4 Å². The van der Waals surface area contributed by atoms with E-state index in [0.717, 1.165) is 18.6 Å². The quantitative estimate of drug-likeness (QED) is 0.741. The maximum atomic E-state index is 3.56. The van der Waals surface area contributed by atoms with Crippen LogP contribution in [0.3, 0.4) is 0 Å². The molecule has 0 amide bonds. The van der Waals surface area contributed by atoms with Crippen molar-refractivity contribution in [3.05, 3.63) is 0 Å². The Balaban J connectivity index is 1.72. The van der Waals surface area contributed by atoms with Crippen LogP contribution in [-0.4, -0.2) is 61.7 Å². The summed E-state index contributed by atoms with van der Waals surface area (Å²) in [6.45, 7) is 8.46. The zero-order valence-electron chi connectivity index (χ0n) is 10.2. The minimum Gasteiger partial charge on any atom is -0.313 e. The number of nitrogens with zero attached hydrogens (tertiary/aromatic N) is 2. The Morgan fingerprint density at radius 3 is 2.80 bits per heavy atom. The predicted molar refractivity (Wildman–Crippen MR) is 64.2 cm³/mol. The Bertz CT molecular complexity index is 195. The summed E-state index contributed by atoms with van der Waals surface area (Å²) in [5.41, 5.74) is 0. The standard InChI is InChI=1S/C12H25N3/c1-3-13-11-6-8-15(9-11)10-12-5-4-7-14(12)2/h11-13H,3-10H2,1-2H3. The van der Waals surface area contributed by atoms with Gasteiger partial charge in [0.25, 0.3) is 0 Å². The molecule has 2 aliphatic heterocycles. The summed E-state index contributed by atoms with van der Waals surface area (Å²) >= 11 is 0. The highest BCUT2D eigenvalue weighted by molar-refractivity contribution is 4.86. The first-order valence-corrected chi connectivity index (χ1v) is 6.45. The molecule has 0 aromatic heterocycles. The van der Waals surface area contributed by atoms with E-state index in [0.29, 0.717) is 0 Å². The van der Waals surface area contributed by atoms with Crippen LogP contribution < -0.4 is 5.32 Å². The molecule has 1 N–H and O–H groups in total. The summed E-state index contributed by atoms with van der Waals surface area (Å²) in [7, 11) is 2.27. The molecule has 2 atom stereocenters. The van der Waals surface area contributed by atoms with Crippen molar-refractivity contribution in [2.24, 2.45) is 0 Å². The second kappa shape index (κ2) is 5.28. The van der Waals surface area contributed by atoms with Crippen LogP contribution in [0.15, 0.2) is 0 Å². The molecule has 0 bridgehead atoms. The van der Waals surface area contributed by atoms with Gasteiger partial charge in [-0.15, -0.1) is 0 Å². The first kappa shape index (κ1) is 11.4. The summed E-state index contributed by atoms with van der Waals surface area (Å²) in [5, 5.41) is 3.56. The third-order valence-electron chi connectivity index (χ3n) is 3.91. The van der Waals surface area contributed by atoms with E-state index in [1.807, 2.05) is 0 Å². The molecule has 2 rings (SSSR count). The van der Waals surface area contributed by atoms with E-state index in [9.17, 15) is 0 Å². The summed E-state index contributed by atoms with van der Waals surface area (Å²) in [6.07, 6.45) is 4.13. The first-order chi connectivity index (χ1) is 7.29. The molecule has 2 unspecified atom stereocenters. The fourth-order valence-corrected chi connectivity index (χ4v) is 2.96. The van der Waals surface area contributed by atoms with Gasteiger partial charge < -0.3 is 15.1 Å². The van der Waals surface area contributed by atoms with Crippen molar-refractivity contribution in [3.8, 4) is 0 Å². The lowest BCUT2D eigenvalue weighted by atomic mass is 10.2. The van der Waals surface area contributed by atoms with Crippen molar-refractivity contribution in [3.63, 3.8) is 0 Å². The summed E-state index contributed by atoms with van der Waals surface area (Å²) in [5.74, 6) is 0. The molecule has 2 aliphatic rings. The maximum absolute atomic E-state index is 3.56. The van der Waals surface area contributed by atoms with Gasteiger partial charge in [0.1, 0.15) is 0 Å². The third-order valence-corrected chi connectivity index (χ3v) is 3.91. The van der Waals surface area contributed by atoms with E-state index in [1.54, 1.807) is 0 Å². The molecule has 0 saturated carbocycles. The molecule has 2 saturated heterocycles. The van der Waals surface area contributed by atoms with E-state index >= 15 is 0 Å². The number of nitrogens with one attached hydrogen (secondary N) is 1. The lowest BCUT2D eigenvalue weighted by Gasteiger charge is -2.25. The number of hydrogen-bond donors (Lipinski definition) is 1. The topological polar surface area (TPSA) is 18.5 Å². The highest BCUT2D eigenvalue weighted by atomic mass is 15.2. The van der Waals surface area contributed by atoms with E-state index < -0.39 is 0 Å². The van der Waals surface area contributed by atoms with Gasteiger partial charge in [0, 0.05) is 25.2 Å². The van der Waals surface area contributed by atoms with Gasteiger partial charge in [-0.05, 0) is 45.9 Å². The van der Waals surface area contributed by atoms with Crippen molar-refractivity contribution < 1.29 is 0 Å². The van der Waals surface area contributed by atoms with Crippen LogP contribution in [0.4, 0.5) is 0 Å². The van der Waals surface area contributed by atoms with E-state index in [-0.39, 0.29) is 0 Å². The average molecular weight is 211 g/mol. The van der Waals surface area contributed by atoms with Gasteiger partial charge in [0.05, 0.1) is 0 Å². The van der Waals surface area contributed by atoms with Crippen LogP contribution in [0.5, 0.6) is 0 Å². The van der Waals surface area contributed by atoms with Gasteiger partial charge in [0.15, 0.2) is 0 Å². The highest BCUT2D eigenvalue weighted by Crippen LogP contribution is 2.18. The van der Waals surface area contributed by atoms with Crippen LogP contribution in [0.1, 0.15) is 26.2 Å². The number of likely N-dealkylation sites (N-methyl/N-ethyl adjacent to an activating group) is 2. The van der Waals surface area contributed by atoms with Crippen molar-refractivity contribution in [1.82, 2.24) is 15.1 Å². The van der Waals surface area contributed by atoms with Crippen molar-refractivity contribution >= 4 is 0 Å². The van der Waals surface area contributed by atoms with Crippen molar-refractivity contribution in [1.29, 1.82) is 0 Å². The molecule has 3 heteroatoms. The summed E-state index contributed by atoms with van der Waals surface area (Å²) in [4.78, 5) is 5.17. The molecule has 2 heterocycles. The number of likely N-dealkylation sites (tertiary alicyclic amines) is 2. The van der Waals surface area contributed by atoms with E-state index in [4.69, 9.17) is 0 Å². The molecular weight excluding hydrogens is 186 g/mol. The minimum atomic E-state index is 0.752. The Hall–Kier alpha value is -0.120. The summed E-state index contributed by atoms with van der Waals surface area (Å²) < 4.78 is 0. The van der Waals surface area contributed by atoms with Gasteiger partial charge in [-0.3, -0.25) is 0 Å². The maximum Gasteiger partial charge on any atom is 0.0220 e. The zero-order valence-corrected chi connectivity index (χ0v) is 10.2. The van der Waals surface area contributed by atoms with Crippen molar-refractivity contribution in [2.75, 3.05) is 39.8 Å². The monoisotopic (exact) mass is 211 g/mol. The Labute approximate surface area is 93.8 Å². The Morgan fingerprint density at radius 1 is 1.27 bits per heavy atom. The Kier molecular flexibility index (Phi) is 4.00. The molecule has 0 radical (unpaired) electrons. The second-order valence-corrected chi connectivity index (χ2v) is 5.08. The predicted octanol–water partition coefficient (Wildman–Crippen LogP) is 0.764. The smallest absolute Gasteiger partial charge is 0.0220 e. The van der Waals surface area contributed by atoms with Crippen LogP contribution in [-0.2, 0) is 0 Å². The third kappa shape index (κ3) is 2.92. The SMILES string of the molecule is CCNC1CCN(CC2CCCN2C)C1. The molecule has 3 nitrogen and oxygen atoms in total. The second-order valence-electron chi connectivity index (χ2n) is 5.08. The van der Waals surface area contributed by atoms with Crippen LogP contribution in [0.2, 0.25) is 0 Å². The lowest BCUT2D eigenvalue weighted by Crippen LogP contribution is -2.39. The van der Waals surface area contributed by atoms with Gasteiger partial charge in [0.2, 0.25) is 0 Å². The molecule has 0 spiro atoms. The number of rotatable bonds is 4. The normalized spacial score (nSPS) is 34.0. The molecular formula is C12H25N3. The lowest BCUT2D eigenvalue weighted by molar-refractivity contribution is 0.217. The highest BCUT2D eigenvalue weighted by Gasteiger charge is 2.27. The molecule has 0 aliphatic carbocycles. The van der Waals surface area contributed by atoms with Gasteiger partial charge >= 0.3 is 0 Å². The largest absolute Gasteiger partial charge is 0.313 e. The minimum absolute atomic E-state index is 0.752. The molecule has 0 aromatic carbocycles. The number of hydrogen-bond acceptors (Lipinski definition) is 3. The molecule has 88 valence electrons.